The molecule has 0 atom stereocenters. The molecule has 1 aliphatic carbocycles. The van der Waals surface area contributed by atoms with Crippen molar-refractivity contribution >= 4 is 20.6 Å². The van der Waals surface area contributed by atoms with Crippen molar-refractivity contribution in [1.82, 2.24) is 0 Å². The monoisotopic (exact) mass is 460 g/mol. The van der Waals surface area contributed by atoms with Crippen molar-refractivity contribution in [2.24, 2.45) is 0 Å². The van der Waals surface area contributed by atoms with E-state index in [1.807, 2.05) is 18.2 Å². The Morgan fingerprint density at radius 2 is 1.21 bits per heavy atom. The normalized spacial score (nSPS) is 14.1. The van der Waals surface area contributed by atoms with Crippen LogP contribution in [0.1, 0.15) is 25.0 Å². The second kappa shape index (κ2) is 7.41. The molecule has 0 spiro atoms. The third kappa shape index (κ3) is 2.97. The van der Waals surface area contributed by atoms with Gasteiger partial charge in [0.15, 0.2) is 0 Å². The number of rotatable bonds is 3. The van der Waals surface area contributed by atoms with Gasteiger partial charge in [0.1, 0.15) is 0 Å². The number of sulfone groups is 1. The molecule has 0 amide bonds. The molecule has 5 aromatic carbocycles. The number of fused-ring (bicyclic) bond motifs is 2. The van der Waals surface area contributed by atoms with E-state index in [0.717, 1.165) is 16.5 Å². The molecule has 3 heteroatoms. The van der Waals surface area contributed by atoms with Gasteiger partial charge in [0, 0.05) is 5.41 Å². The lowest BCUT2D eigenvalue weighted by atomic mass is 9.68. The van der Waals surface area contributed by atoms with E-state index in [-0.39, 0.29) is 5.41 Å². The Balaban J connectivity index is 1.59. The molecule has 0 heterocycles. The van der Waals surface area contributed by atoms with Gasteiger partial charge in [0.05, 0.1) is 9.79 Å². The maximum atomic E-state index is 13.3. The Labute approximate surface area is 200 Å². The van der Waals surface area contributed by atoms with E-state index in [1.54, 1.807) is 36.4 Å². The molecule has 0 saturated carbocycles. The highest BCUT2D eigenvalue weighted by atomic mass is 32.2. The van der Waals surface area contributed by atoms with Gasteiger partial charge in [0.2, 0.25) is 9.84 Å². The zero-order valence-corrected chi connectivity index (χ0v) is 19.9. The summed E-state index contributed by atoms with van der Waals surface area (Å²) in [6, 6.07) is 35.4. The molecule has 0 radical (unpaired) electrons. The molecule has 1 aliphatic rings. The first-order valence-electron chi connectivity index (χ1n) is 11.5. The van der Waals surface area contributed by atoms with E-state index in [0.29, 0.717) is 9.79 Å². The van der Waals surface area contributed by atoms with Crippen molar-refractivity contribution in [3.63, 3.8) is 0 Å². The highest BCUT2D eigenvalue weighted by molar-refractivity contribution is 7.91. The predicted molar refractivity (Wildman–Crippen MR) is 139 cm³/mol. The van der Waals surface area contributed by atoms with Crippen LogP contribution in [0.3, 0.4) is 0 Å². The quantitative estimate of drug-likeness (QED) is 0.277. The van der Waals surface area contributed by atoms with E-state index in [4.69, 9.17) is 0 Å². The Bertz CT molecular complexity index is 1680. The van der Waals surface area contributed by atoms with Crippen LogP contribution in [-0.2, 0) is 15.3 Å². The van der Waals surface area contributed by atoms with Crippen molar-refractivity contribution in [3.05, 3.63) is 120 Å². The smallest absolute Gasteiger partial charge is 0.206 e. The summed E-state index contributed by atoms with van der Waals surface area (Å²) in [6.45, 7) is 4.56. The molecule has 34 heavy (non-hydrogen) atoms. The predicted octanol–water partition coefficient (Wildman–Crippen LogP) is 7.65. The lowest BCUT2D eigenvalue weighted by molar-refractivity contribution is 0.596. The molecule has 2 nitrogen and oxygen atoms in total. The van der Waals surface area contributed by atoms with Crippen molar-refractivity contribution in [1.29, 1.82) is 0 Å². The van der Waals surface area contributed by atoms with Gasteiger partial charge in [-0.15, -0.1) is 0 Å². The van der Waals surface area contributed by atoms with Crippen LogP contribution in [0.25, 0.3) is 33.0 Å². The van der Waals surface area contributed by atoms with Crippen LogP contribution < -0.4 is 0 Å². The van der Waals surface area contributed by atoms with Gasteiger partial charge in [-0.05, 0) is 68.4 Å². The maximum absolute atomic E-state index is 13.3. The third-order valence-corrected chi connectivity index (χ3v) is 8.88. The lowest BCUT2D eigenvalue weighted by Crippen LogP contribution is -2.23. The highest BCUT2D eigenvalue weighted by Crippen LogP contribution is 2.50. The molecule has 0 saturated heterocycles. The van der Waals surface area contributed by atoms with Gasteiger partial charge in [0.25, 0.3) is 0 Å². The van der Waals surface area contributed by atoms with E-state index >= 15 is 0 Å². The molecule has 0 fully saturated rings. The largest absolute Gasteiger partial charge is 0.219 e. The van der Waals surface area contributed by atoms with Crippen molar-refractivity contribution in [2.45, 2.75) is 29.1 Å². The van der Waals surface area contributed by atoms with Gasteiger partial charge in [-0.1, -0.05) is 98.8 Å². The van der Waals surface area contributed by atoms with Crippen LogP contribution in [0.5, 0.6) is 0 Å². The first kappa shape index (κ1) is 20.9. The van der Waals surface area contributed by atoms with E-state index in [9.17, 15) is 8.42 Å². The molecule has 0 unspecified atom stereocenters. The minimum Gasteiger partial charge on any atom is -0.219 e. The van der Waals surface area contributed by atoms with Crippen LogP contribution in [0.15, 0.2) is 119 Å². The fourth-order valence-electron chi connectivity index (χ4n) is 5.38. The Morgan fingerprint density at radius 1 is 0.559 bits per heavy atom. The van der Waals surface area contributed by atoms with E-state index in [1.165, 1.54) is 27.6 Å². The van der Waals surface area contributed by atoms with E-state index < -0.39 is 9.84 Å². The van der Waals surface area contributed by atoms with Crippen LogP contribution >= 0.6 is 0 Å². The number of hydrogen-bond donors (Lipinski definition) is 0. The van der Waals surface area contributed by atoms with E-state index in [2.05, 4.69) is 68.4 Å². The molecule has 166 valence electrons. The second-order valence-electron chi connectivity index (χ2n) is 9.40. The zero-order chi connectivity index (χ0) is 23.5. The van der Waals surface area contributed by atoms with Gasteiger partial charge in [-0.25, -0.2) is 8.42 Å². The van der Waals surface area contributed by atoms with Crippen LogP contribution in [-0.4, -0.2) is 8.42 Å². The Kier molecular flexibility index (Phi) is 4.55. The molecular weight excluding hydrogens is 436 g/mol. The Morgan fingerprint density at radius 3 is 2.03 bits per heavy atom. The second-order valence-corrected chi connectivity index (χ2v) is 11.4. The van der Waals surface area contributed by atoms with Crippen molar-refractivity contribution < 1.29 is 8.42 Å². The van der Waals surface area contributed by atoms with Crippen molar-refractivity contribution in [2.75, 3.05) is 0 Å². The topological polar surface area (TPSA) is 34.1 Å². The van der Waals surface area contributed by atoms with Crippen LogP contribution in [0, 0.1) is 0 Å². The standard InChI is InChI=1S/C31H24O2S/c1-31(2)28-16-7-6-14-25(28)27-19-18-24(26-15-9-17-29(31)30(26)27)21-10-8-13-23(20-21)34(32,33)22-11-4-3-5-12-22/h3-20H,1-2H3. The number of benzene rings is 5. The summed E-state index contributed by atoms with van der Waals surface area (Å²) in [5, 5.41) is 2.40. The summed E-state index contributed by atoms with van der Waals surface area (Å²) in [5.74, 6) is 0. The Hall–Kier alpha value is -3.69. The average molecular weight is 461 g/mol. The minimum atomic E-state index is -3.59. The maximum Gasteiger partial charge on any atom is 0.206 e. The molecule has 6 rings (SSSR count). The minimum absolute atomic E-state index is 0.125. The number of hydrogen-bond acceptors (Lipinski definition) is 2. The molecule has 5 aromatic rings. The summed E-state index contributed by atoms with van der Waals surface area (Å²) in [5.41, 5.74) is 6.95. The van der Waals surface area contributed by atoms with Gasteiger partial charge >= 0.3 is 0 Å². The molecule has 0 aromatic heterocycles. The first-order chi connectivity index (χ1) is 16.4. The van der Waals surface area contributed by atoms with Crippen LogP contribution in [0.2, 0.25) is 0 Å². The highest BCUT2D eigenvalue weighted by Gasteiger charge is 2.33. The fourth-order valence-corrected chi connectivity index (χ4v) is 6.71. The third-order valence-electron chi connectivity index (χ3n) is 7.11. The fraction of sp³-hybridized carbons (Fsp3) is 0.0968. The van der Waals surface area contributed by atoms with Gasteiger partial charge < -0.3 is 0 Å². The molecular formula is C31H24O2S. The summed E-state index contributed by atoms with van der Waals surface area (Å²) < 4.78 is 26.5. The summed E-state index contributed by atoms with van der Waals surface area (Å²) >= 11 is 0. The van der Waals surface area contributed by atoms with Gasteiger partial charge in [-0.3, -0.25) is 0 Å². The zero-order valence-electron chi connectivity index (χ0n) is 19.1. The van der Waals surface area contributed by atoms with Gasteiger partial charge in [-0.2, -0.15) is 0 Å². The summed E-state index contributed by atoms with van der Waals surface area (Å²) in [6.07, 6.45) is 0. The van der Waals surface area contributed by atoms with Crippen LogP contribution in [0.4, 0.5) is 0 Å². The average Bonchev–Trinajstić information content (AvgIpc) is 2.88. The van der Waals surface area contributed by atoms with Crippen molar-refractivity contribution in [3.8, 4) is 22.3 Å². The summed E-state index contributed by atoms with van der Waals surface area (Å²) in [7, 11) is -3.59. The molecule has 0 bridgehead atoms. The molecule has 0 aliphatic heterocycles. The lowest BCUT2D eigenvalue weighted by Gasteiger charge is -2.35. The first-order valence-corrected chi connectivity index (χ1v) is 12.9. The molecule has 0 N–H and O–H groups in total. The SMILES string of the molecule is CC1(C)c2ccccc2-c2ccc(-c3cccc(S(=O)(=O)c4ccccc4)c3)c3cccc1c23. The summed E-state index contributed by atoms with van der Waals surface area (Å²) in [4.78, 5) is 0.616.